The summed E-state index contributed by atoms with van der Waals surface area (Å²) in [4.78, 5) is 11.0. The molecule has 1 saturated heterocycles. The summed E-state index contributed by atoms with van der Waals surface area (Å²) in [5.41, 5.74) is 13.3. The largest absolute Gasteiger partial charge is 0.573 e. The monoisotopic (exact) mass is 453 g/mol. The minimum Gasteiger partial charge on any atom is -0.402 e. The molecule has 3 fully saturated rings. The average Bonchev–Trinajstić information content (AvgIpc) is 3.13. The van der Waals surface area contributed by atoms with Crippen molar-refractivity contribution in [2.24, 2.45) is 28.5 Å². The molecule has 1 aromatic rings. The predicted octanol–water partition coefficient (Wildman–Crippen LogP) is 3.07. The van der Waals surface area contributed by atoms with Crippen molar-refractivity contribution in [3.63, 3.8) is 0 Å². The Kier molecular flexibility index (Phi) is 6.10. The molecule has 2 aliphatic carbocycles. The number of nitrogen functional groups attached to an aromatic ring is 1. The molecule has 4 atom stereocenters. The van der Waals surface area contributed by atoms with E-state index in [-0.39, 0.29) is 17.6 Å². The number of aromatic nitrogens is 1. The van der Waals surface area contributed by atoms with Gasteiger partial charge in [0.05, 0.1) is 19.3 Å². The van der Waals surface area contributed by atoms with Gasteiger partial charge in [-0.3, -0.25) is 9.89 Å². The third-order valence-corrected chi connectivity index (χ3v) is 6.69. The first-order valence-corrected chi connectivity index (χ1v) is 10.9. The van der Waals surface area contributed by atoms with E-state index in [2.05, 4.69) is 21.7 Å². The van der Waals surface area contributed by atoms with Crippen molar-refractivity contribution in [1.82, 2.24) is 9.88 Å². The van der Waals surface area contributed by atoms with Gasteiger partial charge in [-0.15, -0.1) is 13.2 Å². The van der Waals surface area contributed by atoms with Crippen molar-refractivity contribution < 1.29 is 22.6 Å². The van der Waals surface area contributed by atoms with Gasteiger partial charge in [0.15, 0.2) is 11.6 Å². The van der Waals surface area contributed by atoms with Gasteiger partial charge in [-0.25, -0.2) is 4.98 Å². The minimum absolute atomic E-state index is 0.0784. The van der Waals surface area contributed by atoms with Crippen molar-refractivity contribution in [2.75, 3.05) is 26.0 Å². The summed E-state index contributed by atoms with van der Waals surface area (Å²) < 4.78 is 47.2. The average molecular weight is 454 g/mol. The van der Waals surface area contributed by atoms with Gasteiger partial charge in [0.1, 0.15) is 0 Å². The van der Waals surface area contributed by atoms with Crippen LogP contribution in [0.15, 0.2) is 23.3 Å². The molecule has 2 saturated carbocycles. The highest BCUT2D eigenvalue weighted by Crippen LogP contribution is 2.59. The van der Waals surface area contributed by atoms with E-state index >= 15 is 0 Å². The van der Waals surface area contributed by atoms with Crippen LogP contribution in [-0.2, 0) is 4.74 Å². The molecule has 1 aliphatic heterocycles. The number of hydrogen-bond donors (Lipinski definition) is 2. The highest BCUT2D eigenvalue weighted by Gasteiger charge is 2.58. The van der Waals surface area contributed by atoms with Gasteiger partial charge < -0.3 is 20.9 Å². The quantitative estimate of drug-likeness (QED) is 0.616. The summed E-state index contributed by atoms with van der Waals surface area (Å²) >= 11 is 0. The summed E-state index contributed by atoms with van der Waals surface area (Å²) in [5, 5.41) is 0. The van der Waals surface area contributed by atoms with E-state index in [0.717, 1.165) is 37.8 Å². The summed E-state index contributed by atoms with van der Waals surface area (Å²) in [6.45, 7) is 5.60. The normalized spacial score (nSPS) is 28.8. The zero-order valence-corrected chi connectivity index (χ0v) is 18.5. The van der Waals surface area contributed by atoms with Gasteiger partial charge >= 0.3 is 6.36 Å². The van der Waals surface area contributed by atoms with Gasteiger partial charge in [0, 0.05) is 41.2 Å². The molecule has 1 aromatic heterocycles. The van der Waals surface area contributed by atoms with Crippen LogP contribution in [0.3, 0.4) is 0 Å². The molecule has 176 valence electrons. The maximum Gasteiger partial charge on any atom is 0.573 e. The second-order valence-electron chi connectivity index (χ2n) is 9.24. The topological polar surface area (TPSA) is 99.0 Å². The van der Waals surface area contributed by atoms with E-state index in [1.54, 1.807) is 6.08 Å². The lowest BCUT2D eigenvalue weighted by atomic mass is 9.99. The van der Waals surface area contributed by atoms with Crippen LogP contribution in [0, 0.1) is 17.8 Å². The Labute approximate surface area is 185 Å². The Hall–Kier alpha value is -2.33. The standard InChI is InChI=1S/C22H30F3N5O2/c1-11(2)29-18(20-15-5-13(6-16(15)20)30(3)14-9-31-10-14)7-17(26)12-4-19(21(27)28-8-12)32-22(23,24)25/h4,7-8,11,13-16,20H,5-6,9-10,26H2,1-3H3,(H2,27,28)/t13?,15-,16+,20?. The number of pyridine rings is 1. The third-order valence-electron chi connectivity index (χ3n) is 6.69. The van der Waals surface area contributed by atoms with E-state index in [1.165, 1.54) is 6.20 Å². The fourth-order valence-electron chi connectivity index (χ4n) is 4.92. The number of nitrogens with two attached hydrogens (primary N) is 2. The first-order chi connectivity index (χ1) is 15.0. The number of nitrogens with zero attached hydrogens (tertiary/aromatic N) is 3. The molecule has 3 aliphatic rings. The minimum atomic E-state index is -4.86. The van der Waals surface area contributed by atoms with Crippen molar-refractivity contribution in [3.05, 3.63) is 23.9 Å². The summed E-state index contributed by atoms with van der Waals surface area (Å²) in [7, 11) is 2.17. The molecule has 0 radical (unpaired) electrons. The third kappa shape index (κ3) is 4.85. The van der Waals surface area contributed by atoms with Crippen LogP contribution in [0.4, 0.5) is 19.0 Å². The number of rotatable bonds is 7. The van der Waals surface area contributed by atoms with Crippen LogP contribution >= 0.6 is 0 Å². The van der Waals surface area contributed by atoms with Crippen molar-refractivity contribution in [3.8, 4) is 5.75 Å². The highest BCUT2D eigenvalue weighted by molar-refractivity contribution is 6.04. The Balaban J connectivity index is 1.49. The molecule has 0 amide bonds. The maximum atomic E-state index is 12.6. The number of allylic oxidation sites excluding steroid dienone is 1. The summed E-state index contributed by atoms with van der Waals surface area (Å²) in [6.07, 6.45) is 0.473. The second kappa shape index (κ2) is 8.55. The number of alkyl halides is 3. The molecular formula is C22H30F3N5O2. The zero-order chi connectivity index (χ0) is 23.2. The van der Waals surface area contributed by atoms with Crippen LogP contribution in [0.2, 0.25) is 0 Å². The number of aliphatic imine (C=N–C) groups is 1. The molecule has 0 spiro atoms. The lowest BCUT2D eigenvalue weighted by Crippen LogP contribution is -2.51. The number of fused-ring (bicyclic) bond motifs is 1. The van der Waals surface area contributed by atoms with Crippen LogP contribution in [0.1, 0.15) is 32.3 Å². The number of ether oxygens (including phenoxy) is 2. The first kappa shape index (κ1) is 22.8. The molecule has 10 heteroatoms. The Bertz CT molecular complexity index is 901. The molecule has 32 heavy (non-hydrogen) atoms. The molecule has 2 heterocycles. The fraction of sp³-hybridized carbons (Fsp3) is 0.636. The fourth-order valence-corrected chi connectivity index (χ4v) is 4.92. The van der Waals surface area contributed by atoms with Crippen LogP contribution in [0.25, 0.3) is 5.70 Å². The summed E-state index contributed by atoms with van der Waals surface area (Å²) in [5.74, 6) is 0.518. The van der Waals surface area contributed by atoms with Crippen molar-refractivity contribution >= 4 is 17.2 Å². The van der Waals surface area contributed by atoms with Gasteiger partial charge in [-0.1, -0.05) is 0 Å². The summed E-state index contributed by atoms with van der Waals surface area (Å²) in [6, 6.07) is 2.31. The predicted molar refractivity (Wildman–Crippen MR) is 116 cm³/mol. The molecule has 0 aromatic carbocycles. The van der Waals surface area contributed by atoms with E-state index in [9.17, 15) is 13.2 Å². The zero-order valence-electron chi connectivity index (χ0n) is 18.5. The SMILES string of the molecule is CC(C)N=C(C=C(N)c1cnc(N)c(OC(F)(F)F)c1)C1[C@H]2CC(N(C)C3COC3)C[C@@H]12. The molecular weight excluding hydrogens is 423 g/mol. The lowest BCUT2D eigenvalue weighted by molar-refractivity contribution is -0.274. The highest BCUT2D eigenvalue weighted by atomic mass is 19.4. The Morgan fingerprint density at radius 2 is 1.94 bits per heavy atom. The number of anilines is 1. The van der Waals surface area contributed by atoms with Crippen LogP contribution < -0.4 is 16.2 Å². The van der Waals surface area contributed by atoms with E-state index in [4.69, 9.17) is 21.2 Å². The van der Waals surface area contributed by atoms with Gasteiger partial charge in [0.2, 0.25) is 0 Å². The Morgan fingerprint density at radius 1 is 1.28 bits per heavy atom. The van der Waals surface area contributed by atoms with E-state index in [1.807, 2.05) is 13.8 Å². The molecule has 0 bridgehead atoms. The smallest absolute Gasteiger partial charge is 0.402 e. The second-order valence-corrected chi connectivity index (χ2v) is 9.24. The molecule has 7 nitrogen and oxygen atoms in total. The van der Waals surface area contributed by atoms with E-state index in [0.29, 0.717) is 35.4 Å². The molecule has 4 rings (SSSR count). The van der Waals surface area contributed by atoms with Gasteiger partial charge in [0.25, 0.3) is 0 Å². The van der Waals surface area contributed by atoms with Gasteiger partial charge in [-0.05, 0) is 57.7 Å². The Morgan fingerprint density at radius 3 is 2.47 bits per heavy atom. The van der Waals surface area contributed by atoms with Crippen molar-refractivity contribution in [1.29, 1.82) is 0 Å². The molecule has 4 N–H and O–H groups in total. The number of hydrogen-bond acceptors (Lipinski definition) is 7. The molecule has 2 unspecified atom stereocenters. The van der Waals surface area contributed by atoms with Crippen LogP contribution in [0.5, 0.6) is 5.75 Å². The van der Waals surface area contributed by atoms with Crippen molar-refractivity contribution in [2.45, 2.75) is 51.2 Å². The lowest BCUT2D eigenvalue weighted by Gasteiger charge is -2.39. The first-order valence-electron chi connectivity index (χ1n) is 10.9. The van der Waals surface area contributed by atoms with Crippen LogP contribution in [-0.4, -0.2) is 60.3 Å². The maximum absolute atomic E-state index is 12.6. The number of halogens is 3. The number of likely N-dealkylation sites (N-methyl/N-ethyl adjacent to an activating group) is 1. The van der Waals surface area contributed by atoms with E-state index < -0.39 is 12.1 Å². The van der Waals surface area contributed by atoms with Gasteiger partial charge in [-0.2, -0.15) is 0 Å².